The van der Waals surface area contributed by atoms with Gasteiger partial charge in [0.15, 0.2) is 0 Å². The van der Waals surface area contributed by atoms with Gasteiger partial charge in [0.25, 0.3) is 0 Å². The lowest BCUT2D eigenvalue weighted by Gasteiger charge is -2.35. The summed E-state index contributed by atoms with van der Waals surface area (Å²) in [5, 5.41) is 7.29. The third-order valence-corrected chi connectivity index (χ3v) is 5.69. The van der Waals surface area contributed by atoms with Gasteiger partial charge in [-0.25, -0.2) is 9.18 Å². The van der Waals surface area contributed by atoms with Gasteiger partial charge in [-0.2, -0.15) is 13.2 Å². The largest absolute Gasteiger partial charge is 0.490 e. The molecule has 3 rings (SSSR count). The normalized spacial score (nSPS) is 23.5. The van der Waals surface area contributed by atoms with Crippen LogP contribution in [0.15, 0.2) is 18.2 Å². The van der Waals surface area contributed by atoms with Crippen molar-refractivity contribution in [3.63, 3.8) is 0 Å². The minimum absolute atomic E-state index is 0.0417. The number of likely N-dealkylation sites (tertiary alicyclic amines) is 1. The molecule has 3 atom stereocenters. The van der Waals surface area contributed by atoms with E-state index in [1.807, 2.05) is 6.07 Å². The third-order valence-electron chi connectivity index (χ3n) is 5.39. The fourth-order valence-corrected chi connectivity index (χ4v) is 3.88. The van der Waals surface area contributed by atoms with Gasteiger partial charge in [0.2, 0.25) is 5.91 Å². The number of alkyl halides is 3. The van der Waals surface area contributed by atoms with Crippen molar-refractivity contribution < 1.29 is 37.0 Å². The van der Waals surface area contributed by atoms with Crippen molar-refractivity contribution in [1.82, 2.24) is 9.80 Å². The molecule has 2 aliphatic heterocycles. The number of halogens is 5. The van der Waals surface area contributed by atoms with E-state index >= 15 is 0 Å². The number of ether oxygens (including phenoxy) is 1. The number of carbonyl (C=O) groups excluding carboxylic acids is 1. The highest BCUT2D eigenvalue weighted by atomic mass is 35.5. The van der Waals surface area contributed by atoms with Crippen molar-refractivity contribution >= 4 is 23.5 Å². The molecule has 174 valence electrons. The van der Waals surface area contributed by atoms with Crippen LogP contribution in [0.3, 0.4) is 0 Å². The van der Waals surface area contributed by atoms with Gasteiger partial charge in [-0.3, -0.25) is 9.69 Å². The van der Waals surface area contributed by atoms with E-state index in [9.17, 15) is 22.4 Å². The van der Waals surface area contributed by atoms with Crippen LogP contribution >= 0.6 is 11.6 Å². The van der Waals surface area contributed by atoms with Crippen molar-refractivity contribution in [3.8, 4) is 0 Å². The molecule has 1 amide bonds. The van der Waals surface area contributed by atoms with Gasteiger partial charge < -0.3 is 14.7 Å². The molecule has 0 aliphatic carbocycles. The zero-order valence-corrected chi connectivity index (χ0v) is 17.9. The Hall–Kier alpha value is -1.91. The Bertz CT molecular complexity index is 791. The van der Waals surface area contributed by atoms with E-state index in [1.54, 1.807) is 25.1 Å². The fraction of sp³-hybridized carbons (Fsp3) is 0.600. The average Bonchev–Trinajstić information content (AvgIpc) is 3.06. The van der Waals surface area contributed by atoms with Crippen LogP contribution in [-0.4, -0.2) is 72.9 Å². The summed E-state index contributed by atoms with van der Waals surface area (Å²) in [6.07, 6.45) is -3.55. The van der Waals surface area contributed by atoms with Gasteiger partial charge in [0.05, 0.1) is 24.2 Å². The maximum atomic E-state index is 13.6. The molecule has 0 unspecified atom stereocenters. The van der Waals surface area contributed by atoms with Crippen molar-refractivity contribution in [2.45, 2.75) is 31.7 Å². The maximum absolute atomic E-state index is 13.6. The number of piperidine rings is 1. The summed E-state index contributed by atoms with van der Waals surface area (Å²) in [4.78, 5) is 24.8. The number of amides is 1. The molecule has 1 aromatic carbocycles. The number of carbonyl (C=O) groups is 2. The maximum Gasteiger partial charge on any atom is 0.490 e. The van der Waals surface area contributed by atoms with Crippen LogP contribution in [-0.2, 0) is 20.9 Å². The third kappa shape index (κ3) is 7.33. The number of carboxylic acids is 1. The Morgan fingerprint density at radius 3 is 2.52 bits per heavy atom. The Kier molecular flexibility index (Phi) is 8.67. The highest BCUT2D eigenvalue weighted by molar-refractivity contribution is 6.30. The van der Waals surface area contributed by atoms with E-state index in [4.69, 9.17) is 26.2 Å². The quantitative estimate of drug-likeness (QED) is 0.686. The monoisotopic (exact) mass is 468 g/mol. The van der Waals surface area contributed by atoms with Gasteiger partial charge in [-0.15, -0.1) is 0 Å². The molecule has 2 saturated heterocycles. The summed E-state index contributed by atoms with van der Waals surface area (Å²) in [6, 6.07) is 5.00. The fourth-order valence-electron chi connectivity index (χ4n) is 3.77. The summed E-state index contributed by atoms with van der Waals surface area (Å²) in [5.74, 6) is -2.09. The van der Waals surface area contributed by atoms with Crippen LogP contribution in [0.25, 0.3) is 0 Å². The second kappa shape index (κ2) is 10.6. The lowest BCUT2D eigenvalue weighted by Crippen LogP contribution is -2.41. The van der Waals surface area contributed by atoms with Crippen LogP contribution in [0.4, 0.5) is 17.6 Å². The van der Waals surface area contributed by atoms with E-state index in [2.05, 4.69) is 4.90 Å². The minimum atomic E-state index is -5.08. The van der Waals surface area contributed by atoms with Crippen molar-refractivity contribution in [2.75, 3.05) is 33.8 Å². The first-order chi connectivity index (χ1) is 14.4. The first kappa shape index (κ1) is 25.4. The minimum Gasteiger partial charge on any atom is -0.475 e. The van der Waals surface area contributed by atoms with Gasteiger partial charge in [0.1, 0.15) is 5.82 Å². The summed E-state index contributed by atoms with van der Waals surface area (Å²) in [6.45, 7) is 3.31. The van der Waals surface area contributed by atoms with Crippen LogP contribution in [0.1, 0.15) is 18.4 Å². The summed E-state index contributed by atoms with van der Waals surface area (Å²) >= 11 is 5.74. The van der Waals surface area contributed by atoms with Crippen LogP contribution in [0.2, 0.25) is 5.02 Å². The van der Waals surface area contributed by atoms with Gasteiger partial charge in [-0.05, 0) is 36.6 Å². The smallest absolute Gasteiger partial charge is 0.475 e. The molecule has 1 aromatic rings. The Balaban J connectivity index is 0.000000423. The number of fused-ring (bicyclic) bond motifs is 1. The van der Waals surface area contributed by atoms with Gasteiger partial charge >= 0.3 is 12.1 Å². The molecular weight excluding hydrogens is 444 g/mol. The molecule has 1 N–H and O–H groups in total. The zero-order chi connectivity index (χ0) is 23.3. The topological polar surface area (TPSA) is 70.1 Å². The van der Waals surface area contributed by atoms with E-state index < -0.39 is 12.1 Å². The number of carboxylic acid groups (broad SMARTS) is 1. The first-order valence-electron chi connectivity index (χ1n) is 9.66. The SMILES string of the molecule is CN(C)C(=O)C[C@@H]1OC[C@H]2CN(Cc3ccc(Cl)c(F)c3)CC[C@H]21.O=C(O)C(F)(F)F. The lowest BCUT2D eigenvalue weighted by atomic mass is 9.83. The first-order valence-corrected chi connectivity index (χ1v) is 10.0. The molecule has 6 nitrogen and oxygen atoms in total. The standard InChI is InChI=1S/C18H24ClFN2O2.C2HF3O2/c1-21(2)18(23)8-17-14-5-6-22(10-13(14)11-24-17)9-12-3-4-15(19)16(20)7-12;3-2(4,5)1(6)7/h3-4,7,13-14,17H,5-6,8-11H2,1-2H3;(H,6,7)/t13-,14-,17+;/m1./s1. The van der Waals surface area contributed by atoms with Crippen LogP contribution < -0.4 is 0 Å². The van der Waals surface area contributed by atoms with E-state index in [1.165, 1.54) is 6.07 Å². The molecule has 0 radical (unpaired) electrons. The molecule has 11 heteroatoms. The van der Waals surface area contributed by atoms with Crippen molar-refractivity contribution in [3.05, 3.63) is 34.6 Å². The van der Waals surface area contributed by atoms with Gasteiger partial charge in [0, 0.05) is 33.1 Å². The predicted octanol–water partition coefficient (Wildman–Crippen LogP) is 3.43. The number of aliphatic carboxylic acids is 1. The molecule has 31 heavy (non-hydrogen) atoms. The lowest BCUT2D eigenvalue weighted by molar-refractivity contribution is -0.192. The van der Waals surface area contributed by atoms with Crippen LogP contribution in [0, 0.1) is 17.7 Å². The molecule has 2 aliphatic rings. The highest BCUT2D eigenvalue weighted by Crippen LogP contribution is 2.36. The molecule has 0 bridgehead atoms. The van der Waals surface area contributed by atoms with Crippen molar-refractivity contribution in [2.24, 2.45) is 11.8 Å². The summed E-state index contributed by atoms with van der Waals surface area (Å²) in [5.41, 5.74) is 0.939. The molecule has 0 aromatic heterocycles. The predicted molar refractivity (Wildman–Crippen MR) is 105 cm³/mol. The summed E-state index contributed by atoms with van der Waals surface area (Å²) in [7, 11) is 3.56. The molecule has 2 fully saturated rings. The number of nitrogens with zero attached hydrogens (tertiary/aromatic N) is 2. The second-order valence-corrected chi connectivity index (χ2v) is 8.27. The van der Waals surface area contributed by atoms with Gasteiger partial charge in [-0.1, -0.05) is 17.7 Å². The molecule has 0 spiro atoms. The summed E-state index contributed by atoms with van der Waals surface area (Å²) < 4.78 is 51.2. The van der Waals surface area contributed by atoms with Crippen molar-refractivity contribution in [1.29, 1.82) is 0 Å². The van der Waals surface area contributed by atoms with E-state index in [-0.39, 0.29) is 22.9 Å². The molecule has 0 saturated carbocycles. The van der Waals surface area contributed by atoms with Crippen LogP contribution in [0.5, 0.6) is 0 Å². The number of rotatable bonds is 4. The highest BCUT2D eigenvalue weighted by Gasteiger charge is 2.41. The number of benzene rings is 1. The molecular formula is C20H25ClF4N2O4. The van der Waals surface area contributed by atoms with E-state index in [0.717, 1.165) is 31.6 Å². The number of hydrogen-bond donors (Lipinski definition) is 1. The Morgan fingerprint density at radius 1 is 1.32 bits per heavy atom. The Labute approximate surface area is 182 Å². The number of hydrogen-bond acceptors (Lipinski definition) is 4. The second-order valence-electron chi connectivity index (χ2n) is 7.86. The average molecular weight is 469 g/mol. The Morgan fingerprint density at radius 2 is 1.97 bits per heavy atom. The molecule has 2 heterocycles. The van der Waals surface area contributed by atoms with E-state index in [0.29, 0.717) is 24.9 Å². The zero-order valence-electron chi connectivity index (χ0n) is 17.2.